The Balaban J connectivity index is 3.46. The molecule has 0 saturated carbocycles. The van der Waals surface area contributed by atoms with E-state index in [4.69, 9.17) is 5.11 Å². The minimum absolute atomic E-state index is 0.129. The molecule has 0 aliphatic rings. The summed E-state index contributed by atoms with van der Waals surface area (Å²) in [6.45, 7) is 2.31. The first-order chi connectivity index (χ1) is 6.91. The number of aliphatic hydroxyl groups excluding tert-OH is 1. The van der Waals surface area contributed by atoms with Gasteiger partial charge in [-0.25, -0.2) is 0 Å². The highest BCUT2D eigenvalue weighted by Gasteiger charge is 1.79. The van der Waals surface area contributed by atoms with Crippen LogP contribution in [0.4, 0.5) is 0 Å². The quantitative estimate of drug-likeness (QED) is 0.533. The lowest BCUT2D eigenvalue weighted by molar-refractivity contribution is 0.305. The molecule has 76 valence electrons. The van der Waals surface area contributed by atoms with Gasteiger partial charge in [-0.3, -0.25) is 0 Å². The molecule has 0 atom stereocenters. The maximum Gasteiger partial charge on any atom is 0.0540 e. The summed E-state index contributed by atoms with van der Waals surface area (Å²) in [5.41, 5.74) is 0. The maximum absolute atomic E-state index is 8.43. The number of rotatable bonds is 4. The van der Waals surface area contributed by atoms with Crippen LogP contribution in [0.25, 0.3) is 0 Å². The van der Waals surface area contributed by atoms with Gasteiger partial charge in [0, 0.05) is 12.8 Å². The van der Waals surface area contributed by atoms with Crippen molar-refractivity contribution in [1.29, 1.82) is 0 Å². The lowest BCUT2D eigenvalue weighted by Gasteiger charge is -1.87. The van der Waals surface area contributed by atoms with Crippen molar-refractivity contribution >= 4 is 0 Å². The Bertz CT molecular complexity index is 254. The van der Waals surface area contributed by atoms with Gasteiger partial charge in [0.25, 0.3) is 0 Å². The van der Waals surface area contributed by atoms with Gasteiger partial charge in [0.15, 0.2) is 0 Å². The molecule has 0 aromatic rings. The molecule has 14 heavy (non-hydrogen) atoms. The van der Waals surface area contributed by atoms with Crippen molar-refractivity contribution in [1.82, 2.24) is 0 Å². The molecule has 0 spiro atoms. The molecule has 0 bridgehead atoms. The first kappa shape index (κ1) is 12.8. The summed E-state index contributed by atoms with van der Waals surface area (Å²) < 4.78 is 0. The van der Waals surface area contributed by atoms with E-state index in [1.165, 1.54) is 19.3 Å². The SMILES string of the molecule is CCCCCC#C/C=C/C#CCCO. The summed E-state index contributed by atoms with van der Waals surface area (Å²) in [7, 11) is 0. The number of hydrogen-bond donors (Lipinski definition) is 1. The van der Waals surface area contributed by atoms with Gasteiger partial charge in [0.2, 0.25) is 0 Å². The van der Waals surface area contributed by atoms with E-state index in [9.17, 15) is 0 Å². The van der Waals surface area contributed by atoms with E-state index in [1.54, 1.807) is 12.2 Å². The Morgan fingerprint density at radius 3 is 2.21 bits per heavy atom. The Kier molecular flexibility index (Phi) is 10.8. The first-order valence-corrected chi connectivity index (χ1v) is 5.14. The predicted molar refractivity (Wildman–Crippen MR) is 60.5 cm³/mol. The summed E-state index contributed by atoms with van der Waals surface area (Å²) in [6, 6.07) is 0. The molecule has 0 amide bonds. The molecular weight excluding hydrogens is 172 g/mol. The molecule has 1 heteroatoms. The average molecular weight is 190 g/mol. The molecule has 0 fully saturated rings. The number of hydrogen-bond acceptors (Lipinski definition) is 1. The molecule has 0 rings (SSSR count). The summed E-state index contributed by atoms with van der Waals surface area (Å²) in [5, 5.41) is 8.43. The van der Waals surface area contributed by atoms with Gasteiger partial charge in [-0.2, -0.15) is 0 Å². The Morgan fingerprint density at radius 1 is 1.00 bits per heavy atom. The Morgan fingerprint density at radius 2 is 1.64 bits per heavy atom. The van der Waals surface area contributed by atoms with Crippen molar-refractivity contribution in [2.45, 2.75) is 39.0 Å². The van der Waals surface area contributed by atoms with Crippen molar-refractivity contribution in [3.8, 4) is 23.7 Å². The van der Waals surface area contributed by atoms with Crippen molar-refractivity contribution in [3.05, 3.63) is 12.2 Å². The zero-order chi connectivity index (χ0) is 10.5. The fourth-order valence-electron chi connectivity index (χ4n) is 0.865. The van der Waals surface area contributed by atoms with Gasteiger partial charge in [0.1, 0.15) is 0 Å². The molecule has 0 aromatic heterocycles. The summed E-state index contributed by atoms with van der Waals surface area (Å²) >= 11 is 0. The highest BCUT2D eigenvalue weighted by Crippen LogP contribution is 1.96. The fraction of sp³-hybridized carbons (Fsp3) is 0.538. The van der Waals surface area contributed by atoms with Crippen molar-refractivity contribution in [2.24, 2.45) is 0 Å². The second kappa shape index (κ2) is 11.8. The molecule has 0 radical (unpaired) electrons. The molecule has 0 saturated heterocycles. The van der Waals surface area contributed by atoms with Crippen LogP contribution in [-0.2, 0) is 0 Å². The van der Waals surface area contributed by atoms with Crippen molar-refractivity contribution in [2.75, 3.05) is 6.61 Å². The third-order valence-electron chi connectivity index (χ3n) is 1.60. The smallest absolute Gasteiger partial charge is 0.0540 e. The average Bonchev–Trinajstić information content (AvgIpc) is 2.21. The highest BCUT2D eigenvalue weighted by molar-refractivity contribution is 5.24. The highest BCUT2D eigenvalue weighted by atomic mass is 16.2. The summed E-state index contributed by atoms with van der Waals surface area (Å²) in [4.78, 5) is 0. The van der Waals surface area contributed by atoms with E-state index in [0.29, 0.717) is 6.42 Å². The molecule has 1 nitrogen and oxygen atoms in total. The van der Waals surface area contributed by atoms with Crippen LogP contribution in [0.1, 0.15) is 39.0 Å². The number of aliphatic hydroxyl groups is 1. The monoisotopic (exact) mass is 190 g/mol. The van der Waals surface area contributed by atoms with E-state index in [1.807, 2.05) is 0 Å². The van der Waals surface area contributed by atoms with Gasteiger partial charge in [0.05, 0.1) is 6.61 Å². The second-order valence-corrected chi connectivity index (χ2v) is 2.91. The van der Waals surface area contributed by atoms with Crippen LogP contribution >= 0.6 is 0 Å². The Labute approximate surface area is 87.2 Å². The van der Waals surface area contributed by atoms with Crippen molar-refractivity contribution in [3.63, 3.8) is 0 Å². The van der Waals surface area contributed by atoms with Gasteiger partial charge in [-0.1, -0.05) is 43.4 Å². The zero-order valence-corrected chi connectivity index (χ0v) is 8.84. The normalized spacial score (nSPS) is 9.00. The fourth-order valence-corrected chi connectivity index (χ4v) is 0.865. The number of allylic oxidation sites excluding steroid dienone is 2. The van der Waals surface area contributed by atoms with Crippen LogP contribution in [-0.4, -0.2) is 11.7 Å². The summed E-state index contributed by atoms with van der Waals surface area (Å²) in [5.74, 6) is 11.6. The molecular formula is C13H18O. The molecule has 0 aromatic carbocycles. The Hall–Kier alpha value is -1.18. The van der Waals surface area contributed by atoms with E-state index in [0.717, 1.165) is 6.42 Å². The zero-order valence-electron chi connectivity index (χ0n) is 8.84. The third kappa shape index (κ3) is 10.8. The van der Waals surface area contributed by atoms with E-state index >= 15 is 0 Å². The molecule has 0 heterocycles. The summed E-state index contributed by atoms with van der Waals surface area (Å²) in [6.07, 6.45) is 8.68. The van der Waals surface area contributed by atoms with E-state index in [-0.39, 0.29) is 6.61 Å². The van der Waals surface area contributed by atoms with Crippen LogP contribution in [0.2, 0.25) is 0 Å². The van der Waals surface area contributed by atoms with E-state index in [2.05, 4.69) is 30.6 Å². The predicted octanol–water partition coefficient (Wildman–Crippen LogP) is 2.51. The molecule has 0 aliphatic carbocycles. The van der Waals surface area contributed by atoms with Crippen LogP contribution in [0.3, 0.4) is 0 Å². The first-order valence-electron chi connectivity index (χ1n) is 5.14. The molecule has 1 N–H and O–H groups in total. The maximum atomic E-state index is 8.43. The minimum atomic E-state index is 0.129. The molecule has 0 unspecified atom stereocenters. The number of unbranched alkanes of at least 4 members (excludes halogenated alkanes) is 3. The lowest BCUT2D eigenvalue weighted by Crippen LogP contribution is -1.74. The minimum Gasteiger partial charge on any atom is -0.395 e. The van der Waals surface area contributed by atoms with Gasteiger partial charge in [-0.05, 0) is 18.6 Å². The topological polar surface area (TPSA) is 20.2 Å². The van der Waals surface area contributed by atoms with Crippen LogP contribution in [0.5, 0.6) is 0 Å². The standard InChI is InChI=1S/C13H18O/c1-2-3-4-5-6-7-8-9-10-11-12-13-14/h8-9,14H,2-5,12-13H2,1H3/b9-8+. The van der Waals surface area contributed by atoms with Crippen LogP contribution in [0, 0.1) is 23.7 Å². The van der Waals surface area contributed by atoms with Gasteiger partial charge in [-0.15, -0.1) is 0 Å². The lowest BCUT2D eigenvalue weighted by atomic mass is 10.2. The third-order valence-corrected chi connectivity index (χ3v) is 1.60. The largest absolute Gasteiger partial charge is 0.395 e. The van der Waals surface area contributed by atoms with Crippen LogP contribution in [0.15, 0.2) is 12.2 Å². The van der Waals surface area contributed by atoms with Gasteiger partial charge < -0.3 is 5.11 Å². The molecule has 0 aliphatic heterocycles. The van der Waals surface area contributed by atoms with Crippen molar-refractivity contribution < 1.29 is 5.11 Å². The van der Waals surface area contributed by atoms with Crippen LogP contribution < -0.4 is 0 Å². The van der Waals surface area contributed by atoms with Gasteiger partial charge >= 0.3 is 0 Å². The van der Waals surface area contributed by atoms with E-state index < -0.39 is 0 Å². The second-order valence-electron chi connectivity index (χ2n) is 2.91.